The van der Waals surface area contributed by atoms with Crippen molar-refractivity contribution < 1.29 is 18.0 Å². The molecule has 0 saturated heterocycles. The first-order chi connectivity index (χ1) is 7.30. The lowest BCUT2D eigenvalue weighted by molar-refractivity contribution is -0.137. The minimum atomic E-state index is -4.37. The Morgan fingerprint density at radius 2 is 1.75 bits per heavy atom. The van der Waals surface area contributed by atoms with Gasteiger partial charge in [0.1, 0.15) is 0 Å². The highest BCUT2D eigenvalue weighted by Crippen LogP contribution is 2.29. The summed E-state index contributed by atoms with van der Waals surface area (Å²) in [6.07, 6.45) is -4.46. The molecule has 0 heterocycles. The lowest BCUT2D eigenvalue weighted by Gasteiger charge is -2.11. The Morgan fingerprint density at radius 3 is 2.12 bits per heavy atom. The maximum Gasteiger partial charge on any atom is 0.416 e. The highest BCUT2D eigenvalue weighted by Gasteiger charge is 2.30. The number of hydrogen-bond donors (Lipinski definition) is 2. The van der Waals surface area contributed by atoms with Crippen LogP contribution in [0.3, 0.4) is 0 Å². The van der Waals surface area contributed by atoms with E-state index >= 15 is 0 Å². The first-order valence-corrected chi connectivity index (χ1v) is 4.51. The van der Waals surface area contributed by atoms with Crippen LogP contribution in [0.2, 0.25) is 0 Å². The van der Waals surface area contributed by atoms with Crippen molar-refractivity contribution >= 4 is 5.91 Å². The summed E-state index contributed by atoms with van der Waals surface area (Å²) in [5.41, 5.74) is 10.2. The number of alkyl halides is 3. The molecule has 4 N–H and O–H groups in total. The van der Waals surface area contributed by atoms with Crippen molar-refractivity contribution in [2.24, 2.45) is 11.5 Å². The third-order valence-electron chi connectivity index (χ3n) is 2.09. The maximum absolute atomic E-state index is 12.2. The van der Waals surface area contributed by atoms with E-state index in [0.717, 1.165) is 12.1 Å². The maximum atomic E-state index is 12.2. The average Bonchev–Trinajstić information content (AvgIpc) is 2.15. The van der Waals surface area contributed by atoms with E-state index in [2.05, 4.69) is 0 Å². The summed E-state index contributed by atoms with van der Waals surface area (Å²) >= 11 is 0. The van der Waals surface area contributed by atoms with E-state index in [1.165, 1.54) is 12.1 Å². The zero-order valence-electron chi connectivity index (χ0n) is 8.29. The van der Waals surface area contributed by atoms with E-state index in [-0.39, 0.29) is 6.42 Å². The standard InChI is InChI=1S/C10H11F3N2O/c11-10(12,13)7-3-1-6(2-4-7)8(14)5-9(15)16/h1-4,8H,5,14H2,(H2,15,16)/t8-/m1/s1. The van der Waals surface area contributed by atoms with Crippen molar-refractivity contribution in [3.63, 3.8) is 0 Å². The zero-order chi connectivity index (χ0) is 12.3. The second-order valence-electron chi connectivity index (χ2n) is 3.40. The summed E-state index contributed by atoms with van der Waals surface area (Å²) in [7, 11) is 0. The van der Waals surface area contributed by atoms with Gasteiger partial charge >= 0.3 is 6.18 Å². The molecule has 16 heavy (non-hydrogen) atoms. The predicted octanol–water partition coefficient (Wildman–Crippen LogP) is 1.58. The molecule has 0 bridgehead atoms. The lowest BCUT2D eigenvalue weighted by atomic mass is 10.0. The third-order valence-corrected chi connectivity index (χ3v) is 2.09. The average molecular weight is 232 g/mol. The molecular formula is C10H11F3N2O. The molecule has 1 aromatic carbocycles. The van der Waals surface area contributed by atoms with Gasteiger partial charge < -0.3 is 11.5 Å². The number of hydrogen-bond acceptors (Lipinski definition) is 2. The molecule has 0 spiro atoms. The Hall–Kier alpha value is -1.56. The minimum Gasteiger partial charge on any atom is -0.370 e. The summed E-state index contributed by atoms with van der Waals surface area (Å²) in [4.78, 5) is 10.6. The second kappa shape index (κ2) is 4.52. The van der Waals surface area contributed by atoms with Crippen molar-refractivity contribution in [1.29, 1.82) is 0 Å². The normalized spacial score (nSPS) is 13.5. The molecule has 1 aromatic rings. The van der Waals surface area contributed by atoms with Gasteiger partial charge in [-0.15, -0.1) is 0 Å². The van der Waals surface area contributed by atoms with Gasteiger partial charge in [-0.25, -0.2) is 0 Å². The number of benzene rings is 1. The van der Waals surface area contributed by atoms with Crippen molar-refractivity contribution in [2.45, 2.75) is 18.6 Å². The number of primary amides is 1. The highest BCUT2D eigenvalue weighted by atomic mass is 19.4. The molecule has 0 unspecified atom stereocenters. The molecular weight excluding hydrogens is 221 g/mol. The Labute approximate surface area is 90.2 Å². The lowest BCUT2D eigenvalue weighted by Crippen LogP contribution is -2.20. The van der Waals surface area contributed by atoms with Gasteiger partial charge in [0.2, 0.25) is 5.91 Å². The Kier molecular flexibility index (Phi) is 3.54. The van der Waals surface area contributed by atoms with Gasteiger partial charge in [-0.3, -0.25) is 4.79 Å². The van der Waals surface area contributed by atoms with Crippen LogP contribution in [-0.4, -0.2) is 5.91 Å². The fourth-order valence-electron chi connectivity index (χ4n) is 1.25. The molecule has 0 fully saturated rings. The van der Waals surface area contributed by atoms with Crippen LogP contribution in [-0.2, 0) is 11.0 Å². The van der Waals surface area contributed by atoms with E-state index in [9.17, 15) is 18.0 Å². The van der Waals surface area contributed by atoms with Crippen molar-refractivity contribution in [3.05, 3.63) is 35.4 Å². The third kappa shape index (κ3) is 3.23. The van der Waals surface area contributed by atoms with Crippen molar-refractivity contribution in [1.82, 2.24) is 0 Å². The van der Waals surface area contributed by atoms with Gasteiger partial charge in [-0.1, -0.05) is 12.1 Å². The summed E-state index contributed by atoms with van der Waals surface area (Å²) in [5.74, 6) is -0.590. The molecule has 88 valence electrons. The molecule has 0 aromatic heterocycles. The predicted molar refractivity (Wildman–Crippen MR) is 52.2 cm³/mol. The van der Waals surface area contributed by atoms with Gasteiger partial charge in [0, 0.05) is 12.5 Å². The molecule has 0 aliphatic carbocycles. The topological polar surface area (TPSA) is 69.1 Å². The quantitative estimate of drug-likeness (QED) is 0.830. The van der Waals surface area contributed by atoms with Crippen LogP contribution in [0.25, 0.3) is 0 Å². The van der Waals surface area contributed by atoms with Crippen LogP contribution < -0.4 is 11.5 Å². The Bertz CT molecular complexity index is 373. The fourth-order valence-corrected chi connectivity index (χ4v) is 1.25. The molecule has 1 amide bonds. The number of carbonyl (C=O) groups excluding carboxylic acids is 1. The van der Waals surface area contributed by atoms with Gasteiger partial charge in [-0.05, 0) is 17.7 Å². The minimum absolute atomic E-state index is 0.0919. The van der Waals surface area contributed by atoms with Gasteiger partial charge in [0.15, 0.2) is 0 Å². The Morgan fingerprint density at radius 1 is 1.25 bits per heavy atom. The molecule has 0 radical (unpaired) electrons. The number of rotatable bonds is 3. The smallest absolute Gasteiger partial charge is 0.370 e. The van der Waals surface area contributed by atoms with Crippen LogP contribution in [0.15, 0.2) is 24.3 Å². The summed E-state index contributed by atoms with van der Waals surface area (Å²) in [6, 6.07) is 3.68. The van der Waals surface area contributed by atoms with E-state index in [4.69, 9.17) is 11.5 Å². The van der Waals surface area contributed by atoms with Crippen LogP contribution in [0, 0.1) is 0 Å². The number of carbonyl (C=O) groups is 1. The fraction of sp³-hybridized carbons (Fsp3) is 0.300. The van der Waals surface area contributed by atoms with Crippen LogP contribution in [0.4, 0.5) is 13.2 Å². The van der Waals surface area contributed by atoms with E-state index in [1.807, 2.05) is 0 Å². The van der Waals surface area contributed by atoms with Crippen LogP contribution >= 0.6 is 0 Å². The number of halogens is 3. The first-order valence-electron chi connectivity index (χ1n) is 4.51. The monoisotopic (exact) mass is 232 g/mol. The molecule has 6 heteroatoms. The number of nitrogens with two attached hydrogens (primary N) is 2. The molecule has 0 saturated carbocycles. The molecule has 0 aliphatic rings. The molecule has 0 aliphatic heterocycles. The van der Waals surface area contributed by atoms with Crippen LogP contribution in [0.1, 0.15) is 23.6 Å². The molecule has 1 atom stereocenters. The molecule has 3 nitrogen and oxygen atoms in total. The van der Waals surface area contributed by atoms with Gasteiger partial charge in [0.25, 0.3) is 0 Å². The summed E-state index contributed by atoms with van der Waals surface area (Å²) < 4.78 is 36.7. The number of amides is 1. The highest BCUT2D eigenvalue weighted by molar-refractivity contribution is 5.74. The van der Waals surface area contributed by atoms with E-state index in [0.29, 0.717) is 5.56 Å². The molecule has 1 rings (SSSR count). The zero-order valence-corrected chi connectivity index (χ0v) is 8.29. The van der Waals surface area contributed by atoms with Gasteiger partial charge in [0.05, 0.1) is 5.56 Å². The van der Waals surface area contributed by atoms with Gasteiger partial charge in [-0.2, -0.15) is 13.2 Å². The summed E-state index contributed by atoms with van der Waals surface area (Å²) in [5, 5.41) is 0. The van der Waals surface area contributed by atoms with Crippen LogP contribution in [0.5, 0.6) is 0 Å². The van der Waals surface area contributed by atoms with E-state index < -0.39 is 23.7 Å². The SMILES string of the molecule is NC(=O)C[C@@H](N)c1ccc(C(F)(F)F)cc1. The second-order valence-corrected chi connectivity index (χ2v) is 3.40. The summed E-state index contributed by atoms with van der Waals surface area (Å²) in [6.45, 7) is 0. The van der Waals surface area contributed by atoms with Crippen molar-refractivity contribution in [3.8, 4) is 0 Å². The first kappa shape index (κ1) is 12.5. The Balaban J connectivity index is 2.83. The van der Waals surface area contributed by atoms with E-state index in [1.54, 1.807) is 0 Å². The van der Waals surface area contributed by atoms with Crippen molar-refractivity contribution in [2.75, 3.05) is 0 Å². The largest absolute Gasteiger partial charge is 0.416 e.